The van der Waals surface area contributed by atoms with Gasteiger partial charge in [-0.25, -0.2) is 0 Å². The van der Waals surface area contributed by atoms with Crippen molar-refractivity contribution in [2.24, 2.45) is 0 Å². The predicted octanol–water partition coefficient (Wildman–Crippen LogP) is 6.60. The number of aromatic nitrogens is 1. The van der Waals surface area contributed by atoms with Gasteiger partial charge in [0.1, 0.15) is 6.54 Å². The molecule has 4 aromatic rings. The monoisotopic (exact) mass is 521 g/mol. The lowest BCUT2D eigenvalue weighted by Crippen LogP contribution is -2.43. The Labute approximate surface area is 221 Å². The summed E-state index contributed by atoms with van der Waals surface area (Å²) in [5.41, 5.74) is 3.67. The van der Waals surface area contributed by atoms with Crippen LogP contribution in [0.5, 0.6) is 0 Å². The van der Waals surface area contributed by atoms with Crippen molar-refractivity contribution in [1.29, 1.82) is 0 Å². The second-order valence-corrected chi connectivity index (χ2v) is 9.58. The Kier molecular flexibility index (Phi) is 8.68. The number of amides is 2. The highest BCUT2D eigenvalue weighted by Gasteiger charge is 2.22. The first-order chi connectivity index (χ1) is 17.5. The van der Waals surface area contributed by atoms with Crippen molar-refractivity contribution < 1.29 is 9.59 Å². The lowest BCUT2D eigenvalue weighted by molar-refractivity contribution is -0.132. The number of fused-ring (bicyclic) bond motifs is 1. The van der Waals surface area contributed by atoms with Gasteiger partial charge < -0.3 is 14.8 Å². The van der Waals surface area contributed by atoms with Gasteiger partial charge >= 0.3 is 0 Å². The van der Waals surface area contributed by atoms with Crippen molar-refractivity contribution in [3.63, 3.8) is 0 Å². The van der Waals surface area contributed by atoms with E-state index in [1.807, 2.05) is 55.6 Å². The number of carbonyl (C=O) groups is 2. The lowest BCUT2D eigenvalue weighted by Gasteiger charge is -2.28. The molecule has 7 heteroatoms. The fraction of sp³-hybridized carbons (Fsp3) is 0.241. The van der Waals surface area contributed by atoms with Crippen LogP contribution in [0.4, 0.5) is 0 Å². The maximum Gasteiger partial charge on any atom is 0.254 e. The Balaban J connectivity index is 1.55. The van der Waals surface area contributed by atoms with Gasteiger partial charge in [0.15, 0.2) is 0 Å². The number of benzene rings is 3. The average Bonchev–Trinajstić information content (AvgIpc) is 3.31. The molecule has 1 N–H and O–H groups in total. The fourth-order valence-electron chi connectivity index (χ4n) is 4.29. The Bertz CT molecular complexity index is 1340. The minimum absolute atomic E-state index is 0.0107. The first-order valence-electron chi connectivity index (χ1n) is 12.1. The molecule has 186 valence electrons. The summed E-state index contributed by atoms with van der Waals surface area (Å²) < 4.78 is 0. The molecule has 0 bridgehead atoms. The summed E-state index contributed by atoms with van der Waals surface area (Å²) in [6.45, 7) is 3.39. The lowest BCUT2D eigenvalue weighted by atomic mass is 10.1. The van der Waals surface area contributed by atoms with Crippen molar-refractivity contribution in [3.8, 4) is 0 Å². The van der Waals surface area contributed by atoms with Crippen LogP contribution in [0.1, 0.15) is 34.8 Å². The molecule has 0 aliphatic rings. The van der Waals surface area contributed by atoms with E-state index < -0.39 is 0 Å². The van der Waals surface area contributed by atoms with Gasteiger partial charge in [-0.2, -0.15) is 0 Å². The second kappa shape index (κ2) is 12.1. The largest absolute Gasteiger partial charge is 0.361 e. The summed E-state index contributed by atoms with van der Waals surface area (Å²) >= 11 is 12.3. The molecule has 4 rings (SSSR count). The van der Waals surface area contributed by atoms with Crippen molar-refractivity contribution in [3.05, 3.63) is 106 Å². The minimum atomic E-state index is -0.142. The first kappa shape index (κ1) is 25.8. The Hall–Kier alpha value is -3.28. The van der Waals surface area contributed by atoms with E-state index in [4.69, 9.17) is 23.2 Å². The maximum atomic E-state index is 13.6. The Morgan fingerprint density at radius 1 is 0.861 bits per heavy atom. The van der Waals surface area contributed by atoms with Gasteiger partial charge in [0.25, 0.3) is 5.91 Å². The SMILES string of the molecule is CCCN(CC(=O)N(CCc1c[nH]c2ccccc12)Cc1ccc(Cl)c(Cl)c1)C(=O)c1ccccc1. The fourth-order valence-corrected chi connectivity index (χ4v) is 4.61. The van der Waals surface area contributed by atoms with Crippen LogP contribution in [0.3, 0.4) is 0 Å². The molecule has 0 spiro atoms. The number of halogens is 2. The molecule has 36 heavy (non-hydrogen) atoms. The van der Waals surface area contributed by atoms with Crippen molar-refractivity contribution in [2.45, 2.75) is 26.3 Å². The summed E-state index contributed by atoms with van der Waals surface area (Å²) in [4.78, 5) is 33.5. The summed E-state index contributed by atoms with van der Waals surface area (Å²) in [5, 5.41) is 2.07. The molecule has 1 aromatic heterocycles. The van der Waals surface area contributed by atoms with Crippen LogP contribution in [-0.4, -0.2) is 46.2 Å². The second-order valence-electron chi connectivity index (χ2n) is 8.77. The van der Waals surface area contributed by atoms with Crippen LogP contribution in [-0.2, 0) is 17.8 Å². The molecule has 0 fully saturated rings. The van der Waals surface area contributed by atoms with E-state index in [0.29, 0.717) is 41.7 Å². The zero-order valence-corrected chi connectivity index (χ0v) is 21.7. The van der Waals surface area contributed by atoms with Crippen molar-refractivity contribution >= 4 is 45.9 Å². The Morgan fingerprint density at radius 3 is 2.36 bits per heavy atom. The molecule has 0 radical (unpaired) electrons. The maximum absolute atomic E-state index is 13.6. The smallest absolute Gasteiger partial charge is 0.254 e. The number of aromatic amines is 1. The van der Waals surface area contributed by atoms with E-state index in [1.165, 1.54) is 0 Å². The van der Waals surface area contributed by atoms with Crippen LogP contribution < -0.4 is 0 Å². The van der Waals surface area contributed by atoms with Gasteiger partial charge in [-0.15, -0.1) is 0 Å². The van der Waals surface area contributed by atoms with Crippen LogP contribution in [0.15, 0.2) is 79.0 Å². The Morgan fingerprint density at radius 2 is 1.61 bits per heavy atom. The van der Waals surface area contributed by atoms with Gasteiger partial charge in [-0.1, -0.05) is 72.6 Å². The molecule has 0 saturated carbocycles. The van der Waals surface area contributed by atoms with Crippen molar-refractivity contribution in [2.75, 3.05) is 19.6 Å². The molecule has 0 aliphatic heterocycles. The third-order valence-electron chi connectivity index (χ3n) is 6.16. The summed E-state index contributed by atoms with van der Waals surface area (Å²) in [6, 6.07) is 22.6. The van der Waals surface area contributed by atoms with E-state index >= 15 is 0 Å². The molecular formula is C29H29Cl2N3O2. The van der Waals surface area contributed by atoms with Gasteiger partial charge in [0.05, 0.1) is 10.0 Å². The molecule has 2 amide bonds. The highest BCUT2D eigenvalue weighted by atomic mass is 35.5. The third-order valence-corrected chi connectivity index (χ3v) is 6.90. The molecule has 1 heterocycles. The number of H-pyrrole nitrogens is 1. The summed E-state index contributed by atoms with van der Waals surface area (Å²) in [6.07, 6.45) is 3.43. The van der Waals surface area contributed by atoms with Crippen LogP contribution >= 0.6 is 23.2 Å². The molecule has 0 atom stereocenters. The summed E-state index contributed by atoms with van der Waals surface area (Å²) in [5.74, 6) is -0.254. The van der Waals surface area contributed by atoms with Crippen molar-refractivity contribution in [1.82, 2.24) is 14.8 Å². The molecule has 5 nitrogen and oxygen atoms in total. The minimum Gasteiger partial charge on any atom is -0.361 e. The van der Waals surface area contributed by atoms with E-state index in [0.717, 1.165) is 28.5 Å². The van der Waals surface area contributed by atoms with Gasteiger partial charge in [0, 0.05) is 42.3 Å². The van der Waals surface area contributed by atoms with Gasteiger partial charge in [0.2, 0.25) is 5.91 Å². The van der Waals surface area contributed by atoms with E-state index in [-0.39, 0.29) is 18.4 Å². The number of carbonyl (C=O) groups excluding carboxylic acids is 2. The normalized spacial score (nSPS) is 11.0. The first-order valence-corrected chi connectivity index (χ1v) is 12.8. The average molecular weight is 522 g/mol. The molecule has 0 saturated heterocycles. The number of nitrogens with zero attached hydrogens (tertiary/aromatic N) is 2. The number of para-hydroxylation sites is 1. The van der Waals surface area contributed by atoms with Crippen LogP contribution in [0.2, 0.25) is 10.0 Å². The van der Waals surface area contributed by atoms with E-state index in [2.05, 4.69) is 11.1 Å². The third kappa shape index (κ3) is 6.28. The van der Waals surface area contributed by atoms with Gasteiger partial charge in [-0.3, -0.25) is 9.59 Å². The zero-order valence-electron chi connectivity index (χ0n) is 20.2. The summed E-state index contributed by atoms with van der Waals surface area (Å²) in [7, 11) is 0. The molecular weight excluding hydrogens is 493 g/mol. The number of hydrogen-bond acceptors (Lipinski definition) is 2. The highest BCUT2D eigenvalue weighted by Crippen LogP contribution is 2.24. The molecule has 0 unspecified atom stereocenters. The molecule has 0 aliphatic carbocycles. The number of hydrogen-bond donors (Lipinski definition) is 1. The number of rotatable bonds is 10. The highest BCUT2D eigenvalue weighted by molar-refractivity contribution is 6.42. The van der Waals surface area contributed by atoms with Crippen LogP contribution in [0.25, 0.3) is 10.9 Å². The van der Waals surface area contributed by atoms with Crippen LogP contribution in [0, 0.1) is 0 Å². The molecule has 3 aromatic carbocycles. The standard InChI is InChI=1S/C29H29Cl2N3O2/c1-2-15-34(29(36)22-8-4-3-5-9-22)20-28(35)33(19-21-12-13-25(30)26(31)17-21)16-14-23-18-32-27-11-7-6-10-24(23)27/h3-13,17-18,32H,2,14-16,19-20H2,1H3. The van der Waals surface area contributed by atoms with E-state index in [9.17, 15) is 9.59 Å². The van der Waals surface area contributed by atoms with Gasteiger partial charge in [-0.05, 0) is 54.3 Å². The predicted molar refractivity (Wildman–Crippen MR) is 147 cm³/mol. The topological polar surface area (TPSA) is 56.4 Å². The quantitative estimate of drug-likeness (QED) is 0.255. The van der Waals surface area contributed by atoms with E-state index in [1.54, 1.807) is 34.1 Å². The zero-order chi connectivity index (χ0) is 25.5. The number of nitrogens with one attached hydrogen (secondary N) is 1.